The topological polar surface area (TPSA) is 95.7 Å². The fourth-order valence-corrected chi connectivity index (χ4v) is 3.26. The van der Waals surface area contributed by atoms with Crippen LogP contribution in [0.1, 0.15) is 41.9 Å². The van der Waals surface area contributed by atoms with Gasteiger partial charge in [-0.1, -0.05) is 47.3 Å². The molecular weight excluding hydrogens is 360 g/mol. The van der Waals surface area contributed by atoms with Gasteiger partial charge in [0.2, 0.25) is 5.89 Å². The Kier molecular flexibility index (Phi) is 5.72. The summed E-state index contributed by atoms with van der Waals surface area (Å²) in [6.45, 7) is 1.05. The third-order valence-corrected chi connectivity index (χ3v) is 4.86. The van der Waals surface area contributed by atoms with Gasteiger partial charge in [-0.05, 0) is 18.4 Å². The van der Waals surface area contributed by atoms with Crippen molar-refractivity contribution in [2.24, 2.45) is 5.73 Å². The van der Waals surface area contributed by atoms with Crippen molar-refractivity contribution in [3.05, 3.63) is 53.4 Å². The van der Waals surface area contributed by atoms with Crippen LogP contribution in [0.25, 0.3) is 0 Å². The number of hydrogen-bond acceptors (Lipinski definition) is 7. The van der Waals surface area contributed by atoms with E-state index in [9.17, 15) is 0 Å². The van der Waals surface area contributed by atoms with E-state index in [0.717, 1.165) is 29.6 Å². The van der Waals surface area contributed by atoms with Gasteiger partial charge in [0.25, 0.3) is 0 Å². The third kappa shape index (κ3) is 4.20. The number of aromatic nitrogens is 5. The van der Waals surface area contributed by atoms with Gasteiger partial charge in [-0.25, -0.2) is 0 Å². The number of hydrogen-bond donors (Lipinski definition) is 1. The Morgan fingerprint density at radius 3 is 2.72 bits per heavy atom. The Hall–Kier alpha value is -1.90. The highest BCUT2D eigenvalue weighted by Gasteiger charge is 2.28. The maximum Gasteiger partial charge on any atom is 0.237 e. The molecule has 0 saturated heterocycles. The molecule has 0 spiro atoms. The van der Waals surface area contributed by atoms with Crippen molar-refractivity contribution in [3.8, 4) is 0 Å². The van der Waals surface area contributed by atoms with Crippen molar-refractivity contribution in [3.63, 3.8) is 0 Å². The second kappa shape index (κ2) is 7.99. The zero-order chi connectivity index (χ0) is 16.4. The molecular formula is C16H19ClN6OS. The largest absolute Gasteiger partial charge is 0.338 e. The average molecular weight is 379 g/mol. The standard InChI is InChI=1S/C16H18N6OS.ClH/c17-8-13-19-20-16(22(13)9-11-4-2-1-3-5-11)24-10-14-18-15(21-23-14)12-6-7-12;/h1-5,12H,6-10,17H2;1H. The van der Waals surface area contributed by atoms with Gasteiger partial charge >= 0.3 is 0 Å². The molecule has 9 heteroatoms. The van der Waals surface area contributed by atoms with Crippen LogP contribution in [0.15, 0.2) is 40.0 Å². The number of halogens is 1. The summed E-state index contributed by atoms with van der Waals surface area (Å²) in [6, 6.07) is 10.2. The van der Waals surface area contributed by atoms with Crippen LogP contribution in [-0.2, 0) is 18.8 Å². The van der Waals surface area contributed by atoms with E-state index in [2.05, 4.69) is 32.5 Å². The smallest absolute Gasteiger partial charge is 0.237 e. The summed E-state index contributed by atoms with van der Waals surface area (Å²) in [5.74, 6) is 3.31. The van der Waals surface area contributed by atoms with Crippen LogP contribution in [0.5, 0.6) is 0 Å². The zero-order valence-electron chi connectivity index (χ0n) is 13.5. The van der Waals surface area contributed by atoms with E-state index in [-0.39, 0.29) is 12.4 Å². The molecule has 25 heavy (non-hydrogen) atoms. The summed E-state index contributed by atoms with van der Waals surface area (Å²) < 4.78 is 7.35. The highest BCUT2D eigenvalue weighted by molar-refractivity contribution is 7.98. The minimum absolute atomic E-state index is 0. The van der Waals surface area contributed by atoms with Crippen molar-refractivity contribution in [2.45, 2.75) is 42.8 Å². The summed E-state index contributed by atoms with van der Waals surface area (Å²) >= 11 is 1.54. The SMILES string of the molecule is Cl.NCc1nnc(SCc2nc(C3CC3)no2)n1Cc1ccccc1. The lowest BCUT2D eigenvalue weighted by molar-refractivity contribution is 0.385. The van der Waals surface area contributed by atoms with E-state index in [1.54, 1.807) is 0 Å². The molecule has 0 unspecified atom stereocenters. The monoisotopic (exact) mass is 378 g/mol. The molecule has 0 amide bonds. The molecule has 1 aliphatic rings. The Bertz CT molecular complexity index is 817. The van der Waals surface area contributed by atoms with E-state index in [1.165, 1.54) is 17.3 Å². The van der Waals surface area contributed by atoms with Gasteiger partial charge in [0.1, 0.15) is 5.82 Å². The highest BCUT2D eigenvalue weighted by Crippen LogP contribution is 2.38. The van der Waals surface area contributed by atoms with Crippen LogP contribution in [0.4, 0.5) is 0 Å². The van der Waals surface area contributed by atoms with Crippen LogP contribution in [0.2, 0.25) is 0 Å². The summed E-state index contributed by atoms with van der Waals surface area (Å²) in [6.07, 6.45) is 2.33. The quantitative estimate of drug-likeness (QED) is 0.631. The lowest BCUT2D eigenvalue weighted by Gasteiger charge is -2.08. The number of rotatable bonds is 7. The Morgan fingerprint density at radius 1 is 1.20 bits per heavy atom. The molecule has 0 aliphatic heterocycles. The molecule has 2 aromatic heterocycles. The molecule has 1 fully saturated rings. The molecule has 2 N–H and O–H groups in total. The van der Waals surface area contributed by atoms with Crippen LogP contribution in [0.3, 0.4) is 0 Å². The van der Waals surface area contributed by atoms with Crippen molar-refractivity contribution in [1.29, 1.82) is 0 Å². The average Bonchev–Trinajstić information content (AvgIpc) is 3.24. The Morgan fingerprint density at radius 2 is 2.00 bits per heavy atom. The minimum Gasteiger partial charge on any atom is -0.338 e. The first kappa shape index (κ1) is 17.9. The first-order valence-electron chi connectivity index (χ1n) is 7.95. The number of nitrogens with two attached hydrogens (primary N) is 1. The molecule has 0 bridgehead atoms. The van der Waals surface area contributed by atoms with E-state index in [0.29, 0.717) is 30.7 Å². The first-order valence-corrected chi connectivity index (χ1v) is 8.93. The molecule has 1 aromatic carbocycles. The molecule has 3 aromatic rings. The van der Waals surface area contributed by atoms with Gasteiger partial charge < -0.3 is 14.8 Å². The first-order chi connectivity index (χ1) is 11.8. The molecule has 0 atom stereocenters. The fourth-order valence-electron chi connectivity index (χ4n) is 2.46. The second-order valence-corrected chi connectivity index (χ2v) is 6.73. The normalized spacial score (nSPS) is 13.6. The van der Waals surface area contributed by atoms with E-state index in [1.807, 2.05) is 22.8 Å². The van der Waals surface area contributed by atoms with Crippen molar-refractivity contribution >= 4 is 24.2 Å². The van der Waals surface area contributed by atoms with Crippen LogP contribution >= 0.6 is 24.2 Å². The predicted octanol–water partition coefficient (Wildman–Crippen LogP) is 2.76. The summed E-state index contributed by atoms with van der Waals surface area (Å²) in [7, 11) is 0. The van der Waals surface area contributed by atoms with Crippen LogP contribution in [0, 0.1) is 0 Å². The van der Waals surface area contributed by atoms with Crippen molar-refractivity contribution in [1.82, 2.24) is 24.9 Å². The summed E-state index contributed by atoms with van der Waals surface area (Å²) in [5, 5.41) is 13.3. The maximum absolute atomic E-state index is 5.80. The van der Waals surface area contributed by atoms with Crippen LogP contribution < -0.4 is 5.73 Å². The van der Waals surface area contributed by atoms with E-state index in [4.69, 9.17) is 10.3 Å². The van der Waals surface area contributed by atoms with E-state index >= 15 is 0 Å². The van der Waals surface area contributed by atoms with E-state index < -0.39 is 0 Å². The third-order valence-electron chi connectivity index (χ3n) is 3.91. The lowest BCUT2D eigenvalue weighted by atomic mass is 10.2. The minimum atomic E-state index is 0. The molecule has 0 radical (unpaired) electrons. The molecule has 132 valence electrons. The lowest BCUT2D eigenvalue weighted by Crippen LogP contribution is -2.10. The fraction of sp³-hybridized carbons (Fsp3) is 0.375. The van der Waals surface area contributed by atoms with Gasteiger partial charge in [0.15, 0.2) is 11.0 Å². The molecule has 2 heterocycles. The van der Waals surface area contributed by atoms with Crippen molar-refractivity contribution in [2.75, 3.05) is 0 Å². The van der Waals surface area contributed by atoms with Crippen LogP contribution in [-0.4, -0.2) is 24.9 Å². The number of nitrogens with zero attached hydrogens (tertiary/aromatic N) is 5. The highest BCUT2D eigenvalue weighted by atomic mass is 35.5. The summed E-state index contributed by atoms with van der Waals surface area (Å²) in [4.78, 5) is 4.45. The van der Waals surface area contributed by atoms with Gasteiger partial charge in [-0.2, -0.15) is 4.98 Å². The second-order valence-electron chi connectivity index (χ2n) is 5.78. The molecule has 4 rings (SSSR count). The van der Waals surface area contributed by atoms with Gasteiger partial charge in [-0.3, -0.25) is 0 Å². The number of thioether (sulfide) groups is 1. The maximum atomic E-state index is 5.80. The molecule has 1 aliphatic carbocycles. The Balaban J connectivity index is 0.00000182. The predicted molar refractivity (Wildman–Crippen MR) is 96.5 cm³/mol. The van der Waals surface area contributed by atoms with Crippen molar-refractivity contribution < 1.29 is 4.52 Å². The number of benzene rings is 1. The summed E-state index contributed by atoms with van der Waals surface area (Å²) in [5.41, 5.74) is 6.98. The molecule has 7 nitrogen and oxygen atoms in total. The van der Waals surface area contributed by atoms with Gasteiger partial charge in [0.05, 0.1) is 18.8 Å². The molecule has 1 saturated carbocycles. The Labute approximate surface area is 155 Å². The van der Waals surface area contributed by atoms with Gasteiger partial charge in [0, 0.05) is 5.92 Å². The zero-order valence-corrected chi connectivity index (χ0v) is 15.2. The van der Waals surface area contributed by atoms with Gasteiger partial charge in [-0.15, -0.1) is 22.6 Å².